The first-order chi connectivity index (χ1) is 8.70. The van der Waals surface area contributed by atoms with E-state index in [0.29, 0.717) is 6.20 Å². The van der Waals surface area contributed by atoms with Gasteiger partial charge in [0.2, 0.25) is 0 Å². The maximum Gasteiger partial charge on any atom is 0.434 e. The van der Waals surface area contributed by atoms with Gasteiger partial charge in [-0.1, -0.05) is 0 Å². The predicted octanol–water partition coefficient (Wildman–Crippen LogP) is 3.98. The van der Waals surface area contributed by atoms with Crippen molar-refractivity contribution in [2.75, 3.05) is 6.61 Å². The quantitative estimate of drug-likeness (QED) is 0.613. The molecule has 19 heavy (non-hydrogen) atoms. The second-order valence-corrected chi connectivity index (χ2v) is 4.06. The molecule has 1 aromatic rings. The number of ether oxygens (including phenoxy) is 1. The zero-order valence-electron chi connectivity index (χ0n) is 9.39. The van der Waals surface area contributed by atoms with Crippen LogP contribution in [0.4, 0.5) is 22.0 Å². The fourth-order valence-corrected chi connectivity index (χ4v) is 1.99. The van der Waals surface area contributed by atoms with Gasteiger partial charge in [-0.05, 0) is 22.9 Å². The summed E-state index contributed by atoms with van der Waals surface area (Å²) in [6.07, 6.45) is -7.70. The number of halogens is 6. The zero-order valence-corrected chi connectivity index (χ0v) is 11.0. The largest absolute Gasteiger partial charge is 0.462 e. The Morgan fingerprint density at radius 1 is 1.47 bits per heavy atom. The fourth-order valence-electron chi connectivity index (χ4n) is 1.27. The third kappa shape index (κ3) is 3.40. The zero-order chi connectivity index (χ0) is 14.8. The van der Waals surface area contributed by atoms with Gasteiger partial charge in [0.05, 0.1) is 22.2 Å². The highest BCUT2D eigenvalue weighted by atomic mass is 79.9. The number of esters is 1. The molecule has 1 aromatic heterocycles. The van der Waals surface area contributed by atoms with E-state index in [1.165, 1.54) is 6.92 Å². The Labute approximate surface area is 112 Å². The van der Waals surface area contributed by atoms with Gasteiger partial charge in [-0.15, -0.1) is 0 Å². The number of aromatic nitrogens is 1. The van der Waals surface area contributed by atoms with Gasteiger partial charge in [0, 0.05) is 6.20 Å². The summed E-state index contributed by atoms with van der Waals surface area (Å²) in [5, 5.41) is 0. The van der Waals surface area contributed by atoms with Crippen molar-refractivity contribution < 1.29 is 31.5 Å². The molecule has 0 aromatic carbocycles. The molecule has 0 radical (unpaired) electrons. The van der Waals surface area contributed by atoms with E-state index in [-0.39, 0.29) is 6.61 Å². The van der Waals surface area contributed by atoms with Crippen LogP contribution < -0.4 is 0 Å². The van der Waals surface area contributed by atoms with Gasteiger partial charge >= 0.3 is 12.1 Å². The number of carbonyl (C=O) groups excluding carboxylic acids is 1. The highest BCUT2D eigenvalue weighted by molar-refractivity contribution is 9.10. The molecule has 0 aliphatic rings. The van der Waals surface area contributed by atoms with Crippen LogP contribution in [-0.4, -0.2) is 17.6 Å². The summed E-state index contributed by atoms with van der Waals surface area (Å²) in [6.45, 7) is 1.25. The molecule has 0 N–H and O–H groups in total. The lowest BCUT2D eigenvalue weighted by atomic mass is 10.1. The Morgan fingerprint density at radius 2 is 2.05 bits per heavy atom. The summed E-state index contributed by atoms with van der Waals surface area (Å²) >= 11 is 2.49. The normalized spacial score (nSPS) is 11.8. The van der Waals surface area contributed by atoms with Crippen molar-refractivity contribution in [1.82, 2.24) is 4.98 Å². The number of alkyl halides is 5. The highest BCUT2D eigenvalue weighted by Gasteiger charge is 2.38. The van der Waals surface area contributed by atoms with E-state index in [1.807, 2.05) is 0 Å². The Kier molecular flexibility index (Phi) is 4.83. The lowest BCUT2D eigenvalue weighted by Crippen LogP contribution is -2.16. The molecule has 0 bridgehead atoms. The Morgan fingerprint density at radius 3 is 2.47 bits per heavy atom. The molecule has 0 unspecified atom stereocenters. The van der Waals surface area contributed by atoms with Crippen LogP contribution in [0.25, 0.3) is 0 Å². The van der Waals surface area contributed by atoms with Crippen molar-refractivity contribution in [3.63, 3.8) is 0 Å². The van der Waals surface area contributed by atoms with Crippen molar-refractivity contribution in [2.45, 2.75) is 19.5 Å². The topological polar surface area (TPSA) is 39.2 Å². The maximum atomic E-state index is 12.7. The molecule has 0 amide bonds. The third-order valence-corrected chi connectivity index (χ3v) is 2.80. The molecule has 0 fully saturated rings. The van der Waals surface area contributed by atoms with Crippen LogP contribution in [0, 0.1) is 0 Å². The molecule has 0 spiro atoms. The van der Waals surface area contributed by atoms with Crippen LogP contribution in [0.3, 0.4) is 0 Å². The van der Waals surface area contributed by atoms with E-state index in [9.17, 15) is 26.7 Å². The van der Waals surface area contributed by atoms with E-state index in [4.69, 9.17) is 0 Å². The molecular formula is C10H7BrF5NO2. The second-order valence-electron chi connectivity index (χ2n) is 3.27. The number of hydrogen-bond acceptors (Lipinski definition) is 3. The maximum absolute atomic E-state index is 12.7. The Bertz CT molecular complexity index is 490. The minimum Gasteiger partial charge on any atom is -0.462 e. The summed E-state index contributed by atoms with van der Waals surface area (Å²) in [7, 11) is 0. The summed E-state index contributed by atoms with van der Waals surface area (Å²) in [5.74, 6) is -1.27. The SMILES string of the molecule is CCOC(=O)c1c(C(F)F)cnc(C(F)(F)F)c1Br. The van der Waals surface area contributed by atoms with E-state index in [0.717, 1.165) is 0 Å². The Hall–Kier alpha value is -1.25. The minimum atomic E-state index is -4.87. The van der Waals surface area contributed by atoms with Crippen molar-refractivity contribution in [1.29, 1.82) is 0 Å². The van der Waals surface area contributed by atoms with Gasteiger partial charge in [-0.2, -0.15) is 13.2 Å². The van der Waals surface area contributed by atoms with Crippen LogP contribution in [0.5, 0.6) is 0 Å². The van der Waals surface area contributed by atoms with Crippen LogP contribution in [0.2, 0.25) is 0 Å². The molecule has 0 saturated heterocycles. The minimum absolute atomic E-state index is 0.155. The fraction of sp³-hybridized carbons (Fsp3) is 0.400. The molecule has 1 rings (SSSR count). The van der Waals surface area contributed by atoms with Crippen LogP contribution in [0.1, 0.15) is 35.0 Å². The molecule has 106 valence electrons. The van der Waals surface area contributed by atoms with E-state index >= 15 is 0 Å². The van der Waals surface area contributed by atoms with Crippen LogP contribution in [-0.2, 0) is 10.9 Å². The summed E-state index contributed by atoms with van der Waals surface area (Å²) < 4.78 is 66.7. The van der Waals surface area contributed by atoms with Gasteiger partial charge in [-0.3, -0.25) is 4.98 Å². The van der Waals surface area contributed by atoms with E-state index in [2.05, 4.69) is 25.7 Å². The van der Waals surface area contributed by atoms with Crippen molar-refractivity contribution in [2.24, 2.45) is 0 Å². The summed E-state index contributed by atoms with van der Waals surface area (Å²) in [4.78, 5) is 14.4. The predicted molar refractivity (Wildman–Crippen MR) is 57.9 cm³/mol. The first kappa shape index (κ1) is 15.8. The third-order valence-electron chi connectivity index (χ3n) is 2.03. The second kappa shape index (κ2) is 5.81. The van der Waals surface area contributed by atoms with Gasteiger partial charge in [0.25, 0.3) is 6.43 Å². The standard InChI is InChI=1S/C10H7BrF5NO2/c1-2-19-9(18)5-4(8(12)13)3-17-7(6(5)11)10(14,15)16/h3,8H,2H2,1H3. The number of hydrogen-bond donors (Lipinski definition) is 0. The van der Waals surface area contributed by atoms with Gasteiger partial charge < -0.3 is 4.74 Å². The molecular weight excluding hydrogens is 341 g/mol. The van der Waals surface area contributed by atoms with Gasteiger partial charge in [-0.25, -0.2) is 13.6 Å². The van der Waals surface area contributed by atoms with Gasteiger partial charge in [0.15, 0.2) is 5.69 Å². The smallest absolute Gasteiger partial charge is 0.434 e. The molecule has 0 saturated carbocycles. The van der Waals surface area contributed by atoms with Crippen molar-refractivity contribution >= 4 is 21.9 Å². The molecule has 3 nitrogen and oxygen atoms in total. The molecule has 1 heterocycles. The molecule has 0 atom stereocenters. The molecule has 9 heteroatoms. The van der Waals surface area contributed by atoms with Crippen LogP contribution in [0.15, 0.2) is 10.7 Å². The average Bonchev–Trinajstić information content (AvgIpc) is 2.26. The number of pyridine rings is 1. The monoisotopic (exact) mass is 347 g/mol. The van der Waals surface area contributed by atoms with Crippen LogP contribution >= 0.6 is 15.9 Å². The molecule has 0 aliphatic carbocycles. The lowest BCUT2D eigenvalue weighted by molar-refractivity contribution is -0.141. The first-order valence-electron chi connectivity index (χ1n) is 4.91. The lowest BCUT2D eigenvalue weighted by Gasteiger charge is -2.14. The summed E-state index contributed by atoms with van der Waals surface area (Å²) in [6, 6.07) is 0. The first-order valence-corrected chi connectivity index (χ1v) is 5.70. The van der Waals surface area contributed by atoms with Gasteiger partial charge in [0.1, 0.15) is 0 Å². The van der Waals surface area contributed by atoms with Crippen molar-refractivity contribution in [3.05, 3.63) is 27.5 Å². The number of carbonyl (C=O) groups is 1. The molecule has 0 aliphatic heterocycles. The summed E-state index contributed by atoms with van der Waals surface area (Å²) in [5.41, 5.74) is -3.24. The number of rotatable bonds is 3. The van der Waals surface area contributed by atoms with E-state index in [1.54, 1.807) is 0 Å². The average molecular weight is 348 g/mol. The number of nitrogens with zero attached hydrogens (tertiary/aromatic N) is 1. The Balaban J connectivity index is 3.49. The highest BCUT2D eigenvalue weighted by Crippen LogP contribution is 2.38. The van der Waals surface area contributed by atoms with Crippen molar-refractivity contribution in [3.8, 4) is 0 Å². The van der Waals surface area contributed by atoms with E-state index < -0.39 is 39.9 Å².